The minimum absolute atomic E-state index is 0.935. The van der Waals surface area contributed by atoms with Gasteiger partial charge in [-0.2, -0.15) is 5.10 Å². The van der Waals surface area contributed by atoms with Crippen molar-refractivity contribution in [2.45, 2.75) is 0 Å². The Bertz CT molecular complexity index is 229. The Labute approximate surface area is 45.7 Å². The third kappa shape index (κ3) is 0.307. The van der Waals surface area contributed by atoms with Gasteiger partial charge in [-0.1, -0.05) is 0 Å². The molecule has 0 aliphatic rings. The van der Waals surface area contributed by atoms with Crippen LogP contribution in [0.4, 0.5) is 0 Å². The number of hydrogen-bond donors (Lipinski definition) is 2. The summed E-state index contributed by atoms with van der Waals surface area (Å²) < 4.78 is 0. The number of aromatic nitrogens is 3. The fraction of sp³-hybridized carbons (Fsp3) is 0. The van der Waals surface area contributed by atoms with Crippen molar-refractivity contribution in [2.75, 3.05) is 0 Å². The van der Waals surface area contributed by atoms with Gasteiger partial charge in [-0.3, -0.25) is 5.10 Å². The van der Waals surface area contributed by atoms with E-state index in [0.717, 1.165) is 11.0 Å². The first-order valence-corrected chi connectivity index (χ1v) is 2.35. The lowest BCUT2D eigenvalue weighted by Gasteiger charge is -1.67. The third-order valence-electron chi connectivity index (χ3n) is 1.09. The highest BCUT2D eigenvalue weighted by Gasteiger charge is 1.90. The first kappa shape index (κ1) is 3.72. The second-order valence-corrected chi connectivity index (χ2v) is 1.61. The highest BCUT2D eigenvalue weighted by atomic mass is 15.1. The first-order chi connectivity index (χ1) is 3.97. The number of hydrogen-bond acceptors (Lipinski definition) is 1. The SMILES string of the molecule is [c]1cc2cn[nH]c2[nH]1. The third-order valence-corrected chi connectivity index (χ3v) is 1.09. The maximum Gasteiger partial charge on any atom is 0.133 e. The van der Waals surface area contributed by atoms with Crippen LogP contribution in [0.5, 0.6) is 0 Å². The lowest BCUT2D eigenvalue weighted by Crippen LogP contribution is -1.64. The Morgan fingerprint density at radius 3 is 3.50 bits per heavy atom. The summed E-state index contributed by atoms with van der Waals surface area (Å²) in [6.07, 6.45) is 4.57. The second-order valence-electron chi connectivity index (χ2n) is 1.61. The van der Waals surface area contributed by atoms with Gasteiger partial charge in [0, 0.05) is 5.39 Å². The lowest BCUT2D eigenvalue weighted by atomic mass is 10.5. The second kappa shape index (κ2) is 1.12. The maximum atomic E-state index is 3.79. The molecule has 2 aromatic heterocycles. The molecule has 3 heteroatoms. The van der Waals surface area contributed by atoms with Crippen LogP contribution >= 0.6 is 0 Å². The van der Waals surface area contributed by atoms with Gasteiger partial charge in [-0.15, -0.1) is 0 Å². The number of nitrogens with one attached hydrogen (secondary N) is 2. The van der Waals surface area contributed by atoms with Crippen LogP contribution in [-0.4, -0.2) is 15.2 Å². The summed E-state index contributed by atoms with van der Waals surface area (Å²) in [7, 11) is 0. The van der Waals surface area contributed by atoms with Gasteiger partial charge in [0.05, 0.1) is 12.4 Å². The summed E-state index contributed by atoms with van der Waals surface area (Å²) in [6.45, 7) is 0. The minimum Gasteiger partial charge on any atom is -0.338 e. The molecule has 0 atom stereocenters. The molecule has 0 saturated carbocycles. The molecular formula is C5H4N3. The molecule has 0 bridgehead atoms. The summed E-state index contributed by atoms with van der Waals surface area (Å²) >= 11 is 0. The van der Waals surface area contributed by atoms with Gasteiger partial charge in [-0.25, -0.2) is 0 Å². The summed E-state index contributed by atoms with van der Waals surface area (Å²) in [5.41, 5.74) is 0.935. The molecule has 0 fully saturated rings. The fourth-order valence-corrected chi connectivity index (χ4v) is 0.691. The van der Waals surface area contributed by atoms with Crippen LogP contribution in [0.1, 0.15) is 0 Å². The Morgan fingerprint density at radius 2 is 2.62 bits per heavy atom. The summed E-state index contributed by atoms with van der Waals surface area (Å²) in [5, 5.41) is 7.62. The maximum absolute atomic E-state index is 3.79. The van der Waals surface area contributed by atoms with Gasteiger partial charge in [0.1, 0.15) is 5.65 Å². The van der Waals surface area contributed by atoms with E-state index in [4.69, 9.17) is 0 Å². The predicted molar refractivity (Wildman–Crippen MR) is 29.3 cm³/mol. The van der Waals surface area contributed by atoms with Crippen LogP contribution in [0.3, 0.4) is 0 Å². The van der Waals surface area contributed by atoms with E-state index in [1.165, 1.54) is 0 Å². The molecule has 3 nitrogen and oxygen atoms in total. The Balaban J connectivity index is 3.06. The van der Waals surface area contributed by atoms with E-state index >= 15 is 0 Å². The van der Waals surface area contributed by atoms with Crippen LogP contribution in [0.2, 0.25) is 0 Å². The van der Waals surface area contributed by atoms with Gasteiger partial charge in [0.25, 0.3) is 0 Å². The van der Waals surface area contributed by atoms with Crippen molar-refractivity contribution in [1.82, 2.24) is 15.2 Å². The Kier molecular flexibility index (Phi) is 0.521. The van der Waals surface area contributed by atoms with E-state index in [2.05, 4.69) is 21.4 Å². The molecular weight excluding hydrogens is 102 g/mol. The quantitative estimate of drug-likeness (QED) is 0.510. The highest BCUT2D eigenvalue weighted by Crippen LogP contribution is 2.04. The van der Waals surface area contributed by atoms with Gasteiger partial charge in [0.2, 0.25) is 0 Å². The molecule has 0 unspecified atom stereocenters. The molecule has 2 N–H and O–H groups in total. The molecule has 1 radical (unpaired) electrons. The molecule has 0 saturated heterocycles. The standard InChI is InChI=1S/C5H4N3/c1-2-6-5-4(1)3-7-8-5/h1,3H,(H2,6,7,8). The molecule has 0 spiro atoms. The number of nitrogens with zero attached hydrogens (tertiary/aromatic N) is 1. The van der Waals surface area contributed by atoms with Crippen molar-refractivity contribution in [1.29, 1.82) is 0 Å². The number of fused-ring (bicyclic) bond motifs is 1. The van der Waals surface area contributed by atoms with Crippen molar-refractivity contribution >= 4 is 11.0 Å². The molecule has 8 heavy (non-hydrogen) atoms. The van der Waals surface area contributed by atoms with Crippen molar-refractivity contribution in [3.8, 4) is 0 Å². The van der Waals surface area contributed by atoms with E-state index in [1.54, 1.807) is 6.20 Å². The molecule has 2 rings (SSSR count). The Hall–Kier alpha value is -1.25. The molecule has 39 valence electrons. The molecule has 0 aromatic carbocycles. The monoisotopic (exact) mass is 106 g/mol. The van der Waals surface area contributed by atoms with Gasteiger partial charge < -0.3 is 4.98 Å². The molecule has 2 aromatic rings. The average Bonchev–Trinajstić information content (AvgIpc) is 2.15. The molecule has 2 heterocycles. The summed E-state index contributed by atoms with van der Waals surface area (Å²) in [4.78, 5) is 2.86. The van der Waals surface area contributed by atoms with E-state index in [1.807, 2.05) is 6.07 Å². The normalized spacial score (nSPS) is 10.5. The van der Waals surface area contributed by atoms with Gasteiger partial charge in [0.15, 0.2) is 0 Å². The predicted octanol–water partition coefficient (Wildman–Crippen LogP) is 0.691. The molecule has 0 aliphatic carbocycles. The van der Waals surface area contributed by atoms with Crippen LogP contribution < -0.4 is 0 Å². The van der Waals surface area contributed by atoms with Crippen molar-refractivity contribution in [2.24, 2.45) is 0 Å². The first-order valence-electron chi connectivity index (χ1n) is 2.35. The lowest BCUT2D eigenvalue weighted by molar-refractivity contribution is 1.10. The van der Waals surface area contributed by atoms with Gasteiger partial charge in [-0.05, 0) is 6.07 Å². The average molecular weight is 106 g/mol. The van der Waals surface area contributed by atoms with Crippen LogP contribution in [0.15, 0.2) is 12.3 Å². The van der Waals surface area contributed by atoms with E-state index < -0.39 is 0 Å². The fourth-order valence-electron chi connectivity index (χ4n) is 0.691. The number of H-pyrrole nitrogens is 2. The zero-order valence-corrected chi connectivity index (χ0v) is 4.10. The van der Waals surface area contributed by atoms with E-state index in [-0.39, 0.29) is 0 Å². The smallest absolute Gasteiger partial charge is 0.133 e. The zero-order valence-electron chi connectivity index (χ0n) is 4.10. The van der Waals surface area contributed by atoms with Crippen molar-refractivity contribution in [3.05, 3.63) is 18.5 Å². The zero-order chi connectivity index (χ0) is 5.40. The van der Waals surface area contributed by atoms with Crippen LogP contribution in [0.25, 0.3) is 11.0 Å². The summed E-state index contributed by atoms with van der Waals surface area (Å²) in [6, 6.07) is 1.85. The molecule has 0 amide bonds. The molecule has 0 aliphatic heterocycles. The number of rotatable bonds is 0. The largest absolute Gasteiger partial charge is 0.338 e. The highest BCUT2D eigenvalue weighted by molar-refractivity contribution is 5.73. The van der Waals surface area contributed by atoms with Crippen molar-refractivity contribution in [3.63, 3.8) is 0 Å². The van der Waals surface area contributed by atoms with Gasteiger partial charge >= 0.3 is 0 Å². The summed E-state index contributed by atoms with van der Waals surface area (Å²) in [5.74, 6) is 0. The Morgan fingerprint density at radius 1 is 1.62 bits per heavy atom. The van der Waals surface area contributed by atoms with E-state index in [0.29, 0.717) is 0 Å². The van der Waals surface area contributed by atoms with E-state index in [9.17, 15) is 0 Å². The number of aromatic amines is 2. The topological polar surface area (TPSA) is 44.5 Å². The minimum atomic E-state index is 0.935. The van der Waals surface area contributed by atoms with Crippen molar-refractivity contribution < 1.29 is 0 Å². The van der Waals surface area contributed by atoms with Crippen LogP contribution in [-0.2, 0) is 0 Å². The van der Waals surface area contributed by atoms with Crippen LogP contribution in [0, 0.1) is 6.20 Å².